The van der Waals surface area contributed by atoms with Gasteiger partial charge in [0, 0.05) is 40.0 Å². The number of hydrogen-bond acceptors (Lipinski definition) is 10. The molecule has 58 heavy (non-hydrogen) atoms. The Morgan fingerprint density at radius 1 is 0.741 bits per heavy atom. The van der Waals surface area contributed by atoms with E-state index in [0.717, 1.165) is 10.5 Å². The van der Waals surface area contributed by atoms with Gasteiger partial charge in [-0.1, -0.05) is 30.3 Å². The Hall–Kier alpha value is -6.16. The lowest BCUT2D eigenvalue weighted by atomic mass is 9.97. The van der Waals surface area contributed by atoms with E-state index < -0.39 is 77.8 Å². The van der Waals surface area contributed by atoms with Crippen molar-refractivity contribution in [3.8, 4) is 23.0 Å². The topological polar surface area (TPSA) is 196 Å². The maximum Gasteiger partial charge on any atom is 0.312 e. The Morgan fingerprint density at radius 3 is 2.00 bits per heavy atom. The average molecular weight is 801 g/mol. The van der Waals surface area contributed by atoms with Crippen molar-refractivity contribution < 1.29 is 48.1 Å². The van der Waals surface area contributed by atoms with Gasteiger partial charge in [-0.15, -0.1) is 0 Å². The third kappa shape index (κ3) is 9.68. The van der Waals surface area contributed by atoms with E-state index in [2.05, 4.69) is 16.0 Å². The van der Waals surface area contributed by atoms with Crippen molar-refractivity contribution in [3.05, 3.63) is 83.4 Å². The number of aliphatic hydroxyl groups excluding tert-OH is 1. The monoisotopic (exact) mass is 800 g/mol. The van der Waals surface area contributed by atoms with E-state index in [0.29, 0.717) is 34.1 Å². The predicted molar refractivity (Wildman–Crippen MR) is 212 cm³/mol. The van der Waals surface area contributed by atoms with Gasteiger partial charge >= 0.3 is 11.8 Å². The predicted octanol–water partition coefficient (Wildman–Crippen LogP) is 1.21. The number of benzene rings is 3. The number of ether oxygens (including phenoxy) is 3. The molecule has 16 nitrogen and oxygen atoms in total. The molecule has 3 aliphatic heterocycles. The third-order valence-corrected chi connectivity index (χ3v) is 10.8. The number of nitrogens with one attached hydrogen (secondary N) is 3. The largest absolute Gasteiger partial charge is 0.497 e. The molecule has 3 heterocycles. The maximum atomic E-state index is 14.7. The molecule has 0 unspecified atom stereocenters. The SMILES string of the molecule is COc1ccc(C[C@H]2[C@@H](C)NC(=O)C(=O)N(C)[C@H]3Cc4ccc(cc4)Oc4cc(ccc4OC)C[C@@H](C(=O)N[C@H](C)C(=O)N[C@@H]([C@H](C)O)C(=O)N2C)N(C)C3=O)cc1. The summed E-state index contributed by atoms with van der Waals surface area (Å²) in [5, 5.41) is 18.8. The number of hydrogen-bond donors (Lipinski definition) is 4. The molecule has 1 fully saturated rings. The highest BCUT2D eigenvalue weighted by Gasteiger charge is 2.40. The average Bonchev–Trinajstić information content (AvgIpc) is 3.21. The molecule has 0 radical (unpaired) electrons. The van der Waals surface area contributed by atoms with Gasteiger partial charge in [-0.05, 0) is 80.3 Å². The highest BCUT2D eigenvalue weighted by Crippen LogP contribution is 2.34. The molecule has 0 spiro atoms. The number of likely N-dealkylation sites (N-methyl/N-ethyl adjacent to an activating group) is 3. The standard InChI is InChI=1S/C42H52N6O10/c1-23-31(19-26-9-14-29(56-7)15-10-26)46(4)41(54)36(25(3)49)45-37(50)24(2)44-38(51)32-21-28-13-18-34(57-8)35(22-28)58-30-16-11-27(12-17-30)20-33(40(53)47(32)5)48(6)42(55)39(52)43-23/h9-18,22-25,31-33,36,49H,19-21H2,1-8H3,(H,43,52)(H,44,51)(H,45,50)/t23-,24-,25+,31+,32+,33+,36+/m1/s1. The van der Waals surface area contributed by atoms with Crippen LogP contribution in [0.25, 0.3) is 0 Å². The molecule has 0 aliphatic carbocycles. The second-order valence-electron chi connectivity index (χ2n) is 14.8. The van der Waals surface area contributed by atoms with Crippen molar-refractivity contribution in [1.82, 2.24) is 30.7 Å². The molecule has 3 aliphatic rings. The number of fused-ring (bicyclic) bond motifs is 2. The third-order valence-electron chi connectivity index (χ3n) is 10.8. The number of carbonyl (C=O) groups excluding carboxylic acids is 6. The number of aliphatic hydroxyl groups is 1. The molecule has 6 rings (SSSR count). The molecule has 6 bridgehead atoms. The summed E-state index contributed by atoms with van der Waals surface area (Å²) in [5.41, 5.74) is 1.97. The van der Waals surface area contributed by atoms with Gasteiger partial charge in [0.25, 0.3) is 0 Å². The number of methoxy groups -OCH3 is 2. The number of amides is 6. The minimum Gasteiger partial charge on any atom is -0.497 e. The highest BCUT2D eigenvalue weighted by molar-refractivity contribution is 6.35. The highest BCUT2D eigenvalue weighted by atomic mass is 16.5. The van der Waals surface area contributed by atoms with Crippen molar-refractivity contribution in [2.75, 3.05) is 35.4 Å². The molecule has 3 aromatic carbocycles. The zero-order chi connectivity index (χ0) is 42.4. The fourth-order valence-corrected chi connectivity index (χ4v) is 7.12. The summed E-state index contributed by atoms with van der Waals surface area (Å²) in [6, 6.07) is 12.2. The van der Waals surface area contributed by atoms with Crippen molar-refractivity contribution in [1.29, 1.82) is 0 Å². The molecule has 16 heteroatoms. The minimum atomic E-state index is -1.46. The lowest BCUT2D eigenvalue weighted by Crippen LogP contribution is -2.63. The van der Waals surface area contributed by atoms with E-state index in [1.807, 2.05) is 0 Å². The van der Waals surface area contributed by atoms with Crippen LogP contribution in [0, 0.1) is 0 Å². The second-order valence-corrected chi connectivity index (χ2v) is 14.8. The van der Waals surface area contributed by atoms with Crippen molar-refractivity contribution in [2.45, 2.75) is 82.4 Å². The van der Waals surface area contributed by atoms with Gasteiger partial charge in [0.15, 0.2) is 11.5 Å². The minimum absolute atomic E-state index is 0.0334. The Bertz CT molecular complexity index is 2010. The smallest absolute Gasteiger partial charge is 0.312 e. The summed E-state index contributed by atoms with van der Waals surface area (Å²) in [5.74, 6) is -3.01. The second kappa shape index (κ2) is 18.4. The molecule has 4 N–H and O–H groups in total. The summed E-state index contributed by atoms with van der Waals surface area (Å²) in [6.45, 7) is 4.40. The van der Waals surface area contributed by atoms with Gasteiger partial charge in [0.1, 0.15) is 35.7 Å². The number of rotatable bonds is 5. The van der Waals surface area contributed by atoms with Crippen LogP contribution in [0.1, 0.15) is 37.5 Å². The first kappa shape index (κ1) is 43.0. The maximum absolute atomic E-state index is 14.7. The first-order valence-corrected chi connectivity index (χ1v) is 19.0. The Balaban J connectivity index is 1.60. The van der Waals surface area contributed by atoms with E-state index in [-0.39, 0.29) is 19.3 Å². The van der Waals surface area contributed by atoms with Crippen LogP contribution >= 0.6 is 0 Å². The number of nitrogens with zero attached hydrogens (tertiary/aromatic N) is 3. The Labute approximate surface area is 337 Å². The van der Waals surface area contributed by atoms with Gasteiger partial charge in [0.2, 0.25) is 23.6 Å². The molecule has 3 aromatic rings. The van der Waals surface area contributed by atoms with E-state index in [1.165, 1.54) is 59.0 Å². The van der Waals surface area contributed by atoms with Crippen LogP contribution < -0.4 is 30.2 Å². The van der Waals surface area contributed by atoms with Gasteiger partial charge in [-0.2, -0.15) is 0 Å². The molecule has 0 aromatic heterocycles. The summed E-state index contributed by atoms with van der Waals surface area (Å²) in [4.78, 5) is 88.2. The molecule has 6 amide bonds. The lowest BCUT2D eigenvalue weighted by molar-refractivity contribution is -0.152. The van der Waals surface area contributed by atoms with Crippen LogP contribution in [-0.2, 0) is 48.0 Å². The van der Waals surface area contributed by atoms with Crippen LogP contribution in [0.3, 0.4) is 0 Å². The lowest BCUT2D eigenvalue weighted by Gasteiger charge is -2.38. The van der Waals surface area contributed by atoms with Crippen LogP contribution in [0.2, 0.25) is 0 Å². The van der Waals surface area contributed by atoms with E-state index in [4.69, 9.17) is 14.2 Å². The zero-order valence-corrected chi connectivity index (χ0v) is 34.0. The van der Waals surface area contributed by atoms with Gasteiger partial charge in [-0.25, -0.2) is 0 Å². The summed E-state index contributed by atoms with van der Waals surface area (Å²) >= 11 is 0. The summed E-state index contributed by atoms with van der Waals surface area (Å²) in [7, 11) is 7.26. The quantitative estimate of drug-likeness (QED) is 0.273. The van der Waals surface area contributed by atoms with Crippen molar-refractivity contribution >= 4 is 35.4 Å². The first-order chi connectivity index (χ1) is 27.5. The van der Waals surface area contributed by atoms with Crippen LogP contribution in [0.15, 0.2) is 66.7 Å². The fourth-order valence-electron chi connectivity index (χ4n) is 7.12. The summed E-state index contributed by atoms with van der Waals surface area (Å²) in [6.07, 6.45) is -1.28. The van der Waals surface area contributed by atoms with Gasteiger partial charge < -0.3 is 50.0 Å². The fraction of sp³-hybridized carbons (Fsp3) is 0.429. The number of carbonyl (C=O) groups is 6. The normalized spacial score (nSPS) is 24.5. The van der Waals surface area contributed by atoms with E-state index >= 15 is 0 Å². The van der Waals surface area contributed by atoms with Crippen molar-refractivity contribution in [2.24, 2.45) is 0 Å². The summed E-state index contributed by atoms with van der Waals surface area (Å²) < 4.78 is 17.0. The molecular weight excluding hydrogens is 748 g/mol. The molecule has 7 atom stereocenters. The molecule has 1 saturated heterocycles. The Kier molecular flexibility index (Phi) is 13.6. The van der Waals surface area contributed by atoms with Crippen LogP contribution in [0.4, 0.5) is 0 Å². The zero-order valence-electron chi connectivity index (χ0n) is 34.0. The van der Waals surface area contributed by atoms with Gasteiger partial charge in [-0.3, -0.25) is 28.8 Å². The Morgan fingerprint density at radius 2 is 1.38 bits per heavy atom. The van der Waals surface area contributed by atoms with E-state index in [1.54, 1.807) is 73.7 Å². The van der Waals surface area contributed by atoms with E-state index in [9.17, 15) is 33.9 Å². The molecular formula is C42H52N6O10. The van der Waals surface area contributed by atoms with Gasteiger partial charge in [0.05, 0.1) is 26.4 Å². The van der Waals surface area contributed by atoms with Crippen molar-refractivity contribution in [3.63, 3.8) is 0 Å². The first-order valence-electron chi connectivity index (χ1n) is 19.0. The molecule has 310 valence electrons. The van der Waals surface area contributed by atoms with Crippen LogP contribution in [0.5, 0.6) is 23.0 Å². The molecule has 0 saturated carbocycles. The van der Waals surface area contributed by atoms with Crippen LogP contribution in [-0.4, -0.2) is 133 Å².